The van der Waals surface area contributed by atoms with Gasteiger partial charge in [0.15, 0.2) is 0 Å². The zero-order valence-electron chi connectivity index (χ0n) is 14.2. The van der Waals surface area contributed by atoms with E-state index in [1.165, 1.54) is 0 Å². The molecule has 0 saturated carbocycles. The van der Waals surface area contributed by atoms with Gasteiger partial charge in [0.05, 0.1) is 21.2 Å². The van der Waals surface area contributed by atoms with Gasteiger partial charge in [0.2, 0.25) is 0 Å². The number of hydrogen-bond acceptors (Lipinski definition) is 4. The third kappa shape index (κ3) is 3.16. The van der Waals surface area contributed by atoms with Gasteiger partial charge in [-0.05, 0) is 43.3 Å². The fourth-order valence-electron chi connectivity index (χ4n) is 2.93. The lowest BCUT2D eigenvalue weighted by atomic mass is 10.0. The Labute approximate surface area is 164 Å². The summed E-state index contributed by atoms with van der Waals surface area (Å²) >= 11 is 12.6. The van der Waals surface area contributed by atoms with Gasteiger partial charge in [0, 0.05) is 17.1 Å². The molecule has 2 aromatic heterocycles. The molecule has 0 saturated heterocycles. The maximum Gasteiger partial charge on any atom is 0.261 e. The van der Waals surface area contributed by atoms with Crippen LogP contribution in [0.25, 0.3) is 22.2 Å². The van der Waals surface area contributed by atoms with E-state index in [1.807, 2.05) is 30.3 Å². The number of carbonyl (C=O) groups is 1. The highest BCUT2D eigenvalue weighted by Gasteiger charge is 2.25. The normalized spacial score (nSPS) is 10.9. The largest absolute Gasteiger partial charge is 0.360 e. The Kier molecular flexibility index (Phi) is 4.56. The van der Waals surface area contributed by atoms with Gasteiger partial charge in [0.1, 0.15) is 17.0 Å². The molecule has 0 unspecified atom stereocenters. The average Bonchev–Trinajstić information content (AvgIpc) is 3.03. The molecule has 0 aliphatic rings. The first-order valence-electron chi connectivity index (χ1n) is 8.12. The lowest BCUT2D eigenvalue weighted by Crippen LogP contribution is -2.14. The fraction of sp³-hybridized carbons (Fsp3) is 0.0500. The molecule has 4 rings (SSSR count). The maximum atomic E-state index is 13.0. The molecule has 27 heavy (non-hydrogen) atoms. The van der Waals surface area contributed by atoms with Crippen molar-refractivity contribution in [3.63, 3.8) is 0 Å². The average molecular weight is 398 g/mol. The summed E-state index contributed by atoms with van der Waals surface area (Å²) in [6, 6.07) is 14.3. The molecule has 2 heterocycles. The zero-order chi connectivity index (χ0) is 19.0. The lowest BCUT2D eigenvalue weighted by Gasteiger charge is -2.10. The Hall–Kier alpha value is -2.89. The van der Waals surface area contributed by atoms with Gasteiger partial charge in [-0.1, -0.05) is 40.5 Å². The van der Waals surface area contributed by atoms with E-state index in [2.05, 4.69) is 15.5 Å². The van der Waals surface area contributed by atoms with E-state index in [0.717, 1.165) is 10.9 Å². The maximum absolute atomic E-state index is 13.0. The van der Waals surface area contributed by atoms with Crippen molar-refractivity contribution < 1.29 is 9.32 Å². The Morgan fingerprint density at radius 2 is 1.78 bits per heavy atom. The Balaban J connectivity index is 1.78. The van der Waals surface area contributed by atoms with Crippen LogP contribution < -0.4 is 5.32 Å². The summed E-state index contributed by atoms with van der Waals surface area (Å²) in [6.45, 7) is 1.67. The van der Waals surface area contributed by atoms with Gasteiger partial charge in [-0.25, -0.2) is 0 Å². The van der Waals surface area contributed by atoms with E-state index < -0.39 is 0 Å². The first-order chi connectivity index (χ1) is 13.1. The van der Waals surface area contributed by atoms with E-state index >= 15 is 0 Å². The second kappa shape index (κ2) is 7.02. The van der Waals surface area contributed by atoms with Gasteiger partial charge >= 0.3 is 0 Å². The number of amides is 1. The highest BCUT2D eigenvalue weighted by Crippen LogP contribution is 2.37. The summed E-state index contributed by atoms with van der Waals surface area (Å²) in [5.41, 5.74) is 2.47. The highest BCUT2D eigenvalue weighted by molar-refractivity contribution is 6.39. The van der Waals surface area contributed by atoms with Crippen molar-refractivity contribution >= 4 is 45.7 Å². The number of rotatable bonds is 3. The number of nitrogens with one attached hydrogen (secondary N) is 1. The van der Waals surface area contributed by atoms with Gasteiger partial charge in [0.25, 0.3) is 5.91 Å². The Morgan fingerprint density at radius 1 is 1.04 bits per heavy atom. The minimum atomic E-state index is -0.365. The Bertz CT molecular complexity index is 1150. The van der Waals surface area contributed by atoms with E-state index in [4.69, 9.17) is 27.7 Å². The van der Waals surface area contributed by atoms with Crippen molar-refractivity contribution in [3.8, 4) is 11.3 Å². The first kappa shape index (κ1) is 17.5. The summed E-state index contributed by atoms with van der Waals surface area (Å²) < 4.78 is 5.27. The minimum absolute atomic E-state index is 0.283. The van der Waals surface area contributed by atoms with Crippen LogP contribution in [-0.4, -0.2) is 16.0 Å². The second-order valence-corrected chi connectivity index (χ2v) is 6.70. The molecule has 134 valence electrons. The molecule has 0 spiro atoms. The third-order valence-corrected chi connectivity index (χ3v) is 4.81. The third-order valence-electron chi connectivity index (χ3n) is 4.18. The van der Waals surface area contributed by atoms with Crippen LogP contribution in [0.1, 0.15) is 16.1 Å². The predicted molar refractivity (Wildman–Crippen MR) is 106 cm³/mol. The van der Waals surface area contributed by atoms with Crippen LogP contribution in [0.5, 0.6) is 0 Å². The predicted octanol–water partition coefficient (Wildman–Crippen LogP) is 5.76. The molecule has 0 atom stereocenters. The summed E-state index contributed by atoms with van der Waals surface area (Å²) in [5.74, 6) is 0.00735. The van der Waals surface area contributed by atoms with Crippen LogP contribution >= 0.6 is 23.2 Å². The molecule has 0 bridgehead atoms. The molecular weight excluding hydrogens is 385 g/mol. The SMILES string of the molecule is Cc1onc(-c2c(Cl)cccc2Cl)c1C(=O)Nc1cccc2ncccc12. The van der Waals surface area contributed by atoms with Crippen molar-refractivity contribution in [1.82, 2.24) is 10.1 Å². The minimum Gasteiger partial charge on any atom is -0.360 e. The molecule has 0 aliphatic heterocycles. The smallest absolute Gasteiger partial charge is 0.261 e. The van der Waals surface area contributed by atoms with Gasteiger partial charge < -0.3 is 9.84 Å². The monoisotopic (exact) mass is 397 g/mol. The van der Waals surface area contributed by atoms with Crippen molar-refractivity contribution in [3.05, 3.63) is 76.1 Å². The van der Waals surface area contributed by atoms with Crippen LogP contribution in [0.2, 0.25) is 10.0 Å². The highest BCUT2D eigenvalue weighted by atomic mass is 35.5. The molecule has 1 N–H and O–H groups in total. The summed E-state index contributed by atoms with van der Waals surface area (Å²) in [4.78, 5) is 17.3. The molecule has 1 amide bonds. The van der Waals surface area contributed by atoms with Crippen molar-refractivity contribution in [2.24, 2.45) is 0 Å². The first-order valence-corrected chi connectivity index (χ1v) is 8.87. The van der Waals surface area contributed by atoms with Crippen LogP contribution in [0, 0.1) is 6.92 Å². The summed E-state index contributed by atoms with van der Waals surface area (Å²) in [6.07, 6.45) is 1.70. The number of nitrogens with zero attached hydrogens (tertiary/aromatic N) is 2. The number of hydrogen-bond donors (Lipinski definition) is 1. The molecule has 4 aromatic rings. The number of halogens is 2. The molecule has 7 heteroatoms. The number of fused-ring (bicyclic) bond motifs is 1. The number of benzene rings is 2. The van der Waals surface area contributed by atoms with Crippen molar-refractivity contribution in [1.29, 1.82) is 0 Å². The second-order valence-electron chi connectivity index (χ2n) is 5.89. The number of aromatic nitrogens is 2. The quantitative estimate of drug-likeness (QED) is 0.477. The zero-order valence-corrected chi connectivity index (χ0v) is 15.7. The van der Waals surface area contributed by atoms with Crippen LogP contribution in [0.3, 0.4) is 0 Å². The van der Waals surface area contributed by atoms with Crippen molar-refractivity contribution in [2.45, 2.75) is 6.92 Å². The summed E-state index contributed by atoms with van der Waals surface area (Å²) in [5, 5.41) is 8.54. The van der Waals surface area contributed by atoms with E-state index in [1.54, 1.807) is 31.3 Å². The van der Waals surface area contributed by atoms with E-state index in [-0.39, 0.29) is 11.5 Å². The number of carbonyl (C=O) groups excluding carboxylic acids is 1. The molecule has 0 fully saturated rings. The number of anilines is 1. The summed E-state index contributed by atoms with van der Waals surface area (Å²) in [7, 11) is 0. The van der Waals surface area contributed by atoms with Crippen LogP contribution in [0.15, 0.2) is 59.3 Å². The van der Waals surface area contributed by atoms with E-state index in [9.17, 15) is 4.79 Å². The molecule has 0 aliphatic carbocycles. The van der Waals surface area contributed by atoms with Crippen molar-refractivity contribution in [2.75, 3.05) is 5.32 Å². The molecule has 5 nitrogen and oxygen atoms in total. The van der Waals surface area contributed by atoms with E-state index in [0.29, 0.717) is 32.8 Å². The lowest BCUT2D eigenvalue weighted by molar-refractivity contribution is 0.102. The number of aryl methyl sites for hydroxylation is 1. The van der Waals surface area contributed by atoms with Gasteiger partial charge in [-0.3, -0.25) is 9.78 Å². The molecule has 2 aromatic carbocycles. The van der Waals surface area contributed by atoms with Gasteiger partial charge in [-0.2, -0.15) is 0 Å². The molecular formula is C20H13Cl2N3O2. The Morgan fingerprint density at radius 3 is 2.56 bits per heavy atom. The topological polar surface area (TPSA) is 68.0 Å². The standard InChI is InChI=1S/C20H13Cl2N3O2/c1-11-17(19(25-27-11)18-13(21)6-2-7-14(18)22)20(26)24-16-9-3-8-15-12(16)5-4-10-23-15/h2-10H,1H3,(H,24,26). The van der Waals surface area contributed by atoms with Crippen LogP contribution in [0.4, 0.5) is 5.69 Å². The van der Waals surface area contributed by atoms with Crippen LogP contribution in [-0.2, 0) is 0 Å². The molecule has 0 radical (unpaired) electrons. The number of pyridine rings is 1. The fourth-order valence-corrected chi connectivity index (χ4v) is 3.51. The van der Waals surface area contributed by atoms with Gasteiger partial charge in [-0.15, -0.1) is 0 Å².